The van der Waals surface area contributed by atoms with Gasteiger partial charge in [-0.25, -0.2) is 0 Å². The van der Waals surface area contributed by atoms with Crippen LogP contribution in [0.5, 0.6) is 0 Å². The Balaban J connectivity index is 3.22. The second-order valence-electron chi connectivity index (χ2n) is 13.7. The van der Waals surface area contributed by atoms with E-state index >= 15 is 0 Å². The van der Waals surface area contributed by atoms with E-state index in [1.165, 1.54) is 25.2 Å². The SMILES string of the molecule is CC1CC[C@H](CP(C(C)(C)C)C(C)(C)C)[C@H](CP(C(C)(C)C)C(C)(C)C)C1C. The second-order valence-corrected chi connectivity index (χ2v) is 21.6. The fourth-order valence-corrected chi connectivity index (χ4v) is 14.1. The highest BCUT2D eigenvalue weighted by atomic mass is 31.1. The smallest absolute Gasteiger partial charge is 0.0175 e. The zero-order valence-corrected chi connectivity index (χ0v) is 23.8. The maximum absolute atomic E-state index is 2.59. The molecule has 0 nitrogen and oxygen atoms in total. The Morgan fingerprint density at radius 2 is 0.929 bits per heavy atom. The zero-order valence-electron chi connectivity index (χ0n) is 22.0. The van der Waals surface area contributed by atoms with Crippen LogP contribution in [0.15, 0.2) is 0 Å². The van der Waals surface area contributed by atoms with Gasteiger partial charge in [0.05, 0.1) is 0 Å². The van der Waals surface area contributed by atoms with E-state index in [0.717, 1.165) is 23.7 Å². The summed E-state index contributed by atoms with van der Waals surface area (Å²) in [5.74, 6) is 3.63. The van der Waals surface area contributed by atoms with Gasteiger partial charge in [0.15, 0.2) is 0 Å². The fraction of sp³-hybridized carbons (Fsp3) is 1.00. The molecule has 1 aliphatic rings. The molecule has 0 N–H and O–H groups in total. The molecule has 4 atom stereocenters. The molecule has 1 fully saturated rings. The van der Waals surface area contributed by atoms with Crippen molar-refractivity contribution in [3.8, 4) is 0 Å². The highest BCUT2D eigenvalue weighted by Gasteiger charge is 2.44. The van der Waals surface area contributed by atoms with Gasteiger partial charge in [0.25, 0.3) is 0 Å². The average molecular weight is 429 g/mol. The van der Waals surface area contributed by atoms with Crippen LogP contribution in [0.25, 0.3) is 0 Å². The summed E-state index contributed by atoms with van der Waals surface area (Å²) in [5, 5.41) is 1.78. The fourth-order valence-electron chi connectivity index (χ4n) is 5.90. The molecule has 0 aromatic heterocycles. The Morgan fingerprint density at radius 3 is 1.29 bits per heavy atom. The summed E-state index contributed by atoms with van der Waals surface area (Å²) in [4.78, 5) is 0. The van der Waals surface area contributed by atoms with Crippen LogP contribution in [0.1, 0.15) is 110 Å². The van der Waals surface area contributed by atoms with Gasteiger partial charge < -0.3 is 0 Å². The molecule has 0 aromatic rings. The topological polar surface area (TPSA) is 0 Å². The van der Waals surface area contributed by atoms with Crippen molar-refractivity contribution in [2.24, 2.45) is 23.7 Å². The molecule has 1 aliphatic carbocycles. The van der Waals surface area contributed by atoms with Gasteiger partial charge >= 0.3 is 0 Å². The quantitative estimate of drug-likeness (QED) is 0.391. The summed E-state index contributed by atoms with van der Waals surface area (Å²) in [6.07, 6.45) is 5.89. The van der Waals surface area contributed by atoms with Gasteiger partial charge in [-0.1, -0.05) is 119 Å². The normalized spacial score (nSPS) is 28.3. The van der Waals surface area contributed by atoms with E-state index in [1.54, 1.807) is 0 Å². The van der Waals surface area contributed by atoms with Gasteiger partial charge in [-0.2, -0.15) is 0 Å². The molecule has 28 heavy (non-hydrogen) atoms. The van der Waals surface area contributed by atoms with Crippen molar-refractivity contribution in [2.45, 2.75) is 130 Å². The highest BCUT2D eigenvalue weighted by molar-refractivity contribution is 7.61. The van der Waals surface area contributed by atoms with Crippen LogP contribution in [-0.2, 0) is 0 Å². The summed E-state index contributed by atoms with van der Waals surface area (Å²) >= 11 is 0. The van der Waals surface area contributed by atoms with Crippen molar-refractivity contribution in [1.82, 2.24) is 0 Å². The first-order valence-corrected chi connectivity index (χ1v) is 14.9. The molecule has 0 aliphatic heterocycles. The third-order valence-electron chi connectivity index (χ3n) is 7.22. The molecule has 0 aromatic carbocycles. The van der Waals surface area contributed by atoms with E-state index in [-0.39, 0.29) is 15.8 Å². The summed E-state index contributed by atoms with van der Waals surface area (Å²) in [7, 11) is -0.0114. The first-order valence-electron chi connectivity index (χ1n) is 11.8. The van der Waals surface area contributed by atoms with Gasteiger partial charge in [-0.15, -0.1) is 0 Å². The Labute approximate surface area is 182 Å². The lowest BCUT2D eigenvalue weighted by Gasteiger charge is -2.51. The lowest BCUT2D eigenvalue weighted by molar-refractivity contribution is 0.141. The molecule has 0 bridgehead atoms. The first-order chi connectivity index (χ1) is 12.3. The lowest BCUT2D eigenvalue weighted by atomic mass is 9.69. The first kappa shape index (κ1) is 26.9. The summed E-state index contributed by atoms with van der Waals surface area (Å²) in [5.41, 5.74) is 0. The average Bonchev–Trinajstić information content (AvgIpc) is 2.41. The number of hydrogen-bond acceptors (Lipinski definition) is 0. The molecular weight excluding hydrogens is 374 g/mol. The molecule has 0 heterocycles. The third-order valence-corrected chi connectivity index (χ3v) is 15.3. The van der Waals surface area contributed by atoms with Crippen molar-refractivity contribution in [2.75, 3.05) is 12.3 Å². The van der Waals surface area contributed by atoms with Crippen LogP contribution in [-0.4, -0.2) is 32.9 Å². The largest absolute Gasteiger partial charge is 0.0954 e. The molecular formula is C26H54P2. The van der Waals surface area contributed by atoms with Crippen molar-refractivity contribution >= 4 is 15.8 Å². The number of hydrogen-bond donors (Lipinski definition) is 0. The minimum atomic E-state index is -0.0119. The summed E-state index contributed by atoms with van der Waals surface area (Å²) in [6.45, 7) is 35.2. The third kappa shape index (κ3) is 7.23. The molecule has 1 saturated carbocycles. The molecule has 2 heteroatoms. The van der Waals surface area contributed by atoms with Crippen molar-refractivity contribution in [3.63, 3.8) is 0 Å². The molecule has 168 valence electrons. The van der Waals surface area contributed by atoms with E-state index in [9.17, 15) is 0 Å². The van der Waals surface area contributed by atoms with Crippen molar-refractivity contribution in [1.29, 1.82) is 0 Å². The van der Waals surface area contributed by atoms with Crippen LogP contribution in [0.3, 0.4) is 0 Å². The van der Waals surface area contributed by atoms with Gasteiger partial charge in [-0.05, 0) is 63.0 Å². The second kappa shape index (κ2) is 9.15. The maximum atomic E-state index is 2.59. The molecule has 0 amide bonds. The standard InChI is InChI=1S/C26H54P2/c1-19-15-16-21(17-27(23(3,4)5)24(6,7)8)22(20(19)2)18-28(25(9,10)11)26(12,13)14/h19-22H,15-18H2,1-14H3/t19?,20?,21-,22-/m1/s1. The predicted molar refractivity (Wildman–Crippen MR) is 137 cm³/mol. The molecule has 1 rings (SSSR count). The van der Waals surface area contributed by atoms with E-state index in [2.05, 4.69) is 96.9 Å². The minimum absolute atomic E-state index is 0.000466. The molecule has 0 saturated heterocycles. The van der Waals surface area contributed by atoms with Crippen LogP contribution in [0.4, 0.5) is 0 Å². The predicted octanol–water partition coefficient (Wildman–Crippen LogP) is 9.44. The van der Waals surface area contributed by atoms with Gasteiger partial charge in [0.1, 0.15) is 0 Å². The summed E-state index contributed by atoms with van der Waals surface area (Å²) in [6, 6.07) is 0. The zero-order chi connectivity index (χ0) is 22.3. The van der Waals surface area contributed by atoms with Gasteiger partial charge in [0.2, 0.25) is 0 Å². The Kier molecular flexibility index (Phi) is 8.79. The van der Waals surface area contributed by atoms with E-state index in [0.29, 0.717) is 20.6 Å². The van der Waals surface area contributed by atoms with E-state index in [4.69, 9.17) is 0 Å². The van der Waals surface area contributed by atoms with Gasteiger partial charge in [0, 0.05) is 0 Å². The number of rotatable bonds is 4. The minimum Gasteiger partial charge on any atom is -0.0954 e. The summed E-state index contributed by atoms with van der Waals surface area (Å²) < 4.78 is 0. The van der Waals surface area contributed by atoms with Crippen molar-refractivity contribution in [3.05, 3.63) is 0 Å². The van der Waals surface area contributed by atoms with Crippen molar-refractivity contribution < 1.29 is 0 Å². The van der Waals surface area contributed by atoms with E-state index in [1.807, 2.05) is 0 Å². The lowest BCUT2D eigenvalue weighted by Crippen LogP contribution is -2.40. The molecule has 2 unspecified atom stereocenters. The maximum Gasteiger partial charge on any atom is -0.0175 e. The Hall–Kier alpha value is 0.860. The monoisotopic (exact) mass is 428 g/mol. The van der Waals surface area contributed by atoms with Crippen LogP contribution < -0.4 is 0 Å². The van der Waals surface area contributed by atoms with E-state index < -0.39 is 0 Å². The molecule has 0 spiro atoms. The van der Waals surface area contributed by atoms with Crippen LogP contribution in [0, 0.1) is 23.7 Å². The van der Waals surface area contributed by atoms with Gasteiger partial charge in [-0.3, -0.25) is 0 Å². The Morgan fingerprint density at radius 1 is 0.571 bits per heavy atom. The Bertz CT molecular complexity index is 453. The highest BCUT2D eigenvalue weighted by Crippen LogP contribution is 2.65. The van der Waals surface area contributed by atoms with Crippen LogP contribution >= 0.6 is 15.8 Å². The molecule has 0 radical (unpaired) electrons. The van der Waals surface area contributed by atoms with Crippen LogP contribution in [0.2, 0.25) is 0 Å².